The summed E-state index contributed by atoms with van der Waals surface area (Å²) in [7, 11) is 0. The number of benzene rings is 2. The molecule has 0 atom stereocenters. The second-order valence-electron chi connectivity index (χ2n) is 5.45. The smallest absolute Gasteiger partial charge is 0.139 e. The molecule has 3 nitrogen and oxygen atoms in total. The number of pyridine rings is 1. The van der Waals surface area contributed by atoms with Gasteiger partial charge < -0.3 is 0 Å². The van der Waals surface area contributed by atoms with E-state index in [0.717, 1.165) is 11.0 Å². The zero-order valence-electron chi connectivity index (χ0n) is 13.5. The molecule has 2 aromatic carbocycles. The van der Waals surface area contributed by atoms with Crippen LogP contribution in [0.5, 0.6) is 0 Å². The monoisotopic (exact) mass is 369 g/mol. The molecule has 0 spiro atoms. The van der Waals surface area contributed by atoms with Gasteiger partial charge in [-0.05, 0) is 48.6 Å². The fourth-order valence-corrected chi connectivity index (χ4v) is 2.71. The van der Waals surface area contributed by atoms with E-state index in [9.17, 15) is 8.78 Å². The second kappa shape index (κ2) is 7.45. The van der Waals surface area contributed by atoms with Gasteiger partial charge in [-0.15, -0.1) is 12.4 Å². The molecule has 0 aliphatic carbocycles. The van der Waals surface area contributed by atoms with E-state index in [1.807, 2.05) is 47.0 Å². The van der Waals surface area contributed by atoms with Crippen molar-refractivity contribution in [1.29, 1.82) is 0 Å². The average Bonchev–Trinajstić information content (AvgIpc) is 3.00. The van der Waals surface area contributed by atoms with Crippen LogP contribution in [0.2, 0.25) is 0 Å². The van der Waals surface area contributed by atoms with Gasteiger partial charge in [0.15, 0.2) is 0 Å². The van der Waals surface area contributed by atoms with Crippen LogP contribution in [0.15, 0.2) is 66.9 Å². The summed E-state index contributed by atoms with van der Waals surface area (Å²) in [4.78, 5) is 8.92. The maximum atomic E-state index is 13.9. The number of imidazole rings is 1. The van der Waals surface area contributed by atoms with Crippen LogP contribution < -0.4 is 0 Å². The largest absolute Gasteiger partial charge is 0.277 e. The standard InChI is InChI=1S/C20H13F2N3.ClH/c21-15-6-5-7-16(22)14(15)11-12-20-24-17-8-1-2-9-18(17)25(20)19-10-3-4-13-23-19;/h1-13H;1H. The molecule has 0 amide bonds. The fraction of sp³-hybridized carbons (Fsp3) is 0. The quantitative estimate of drug-likeness (QED) is 0.491. The number of rotatable bonds is 3. The highest BCUT2D eigenvalue weighted by molar-refractivity contribution is 5.85. The summed E-state index contributed by atoms with van der Waals surface area (Å²) in [6.07, 6.45) is 4.68. The van der Waals surface area contributed by atoms with Gasteiger partial charge in [0.2, 0.25) is 0 Å². The number of halogens is 3. The van der Waals surface area contributed by atoms with Gasteiger partial charge in [-0.1, -0.05) is 24.3 Å². The SMILES string of the molecule is Cl.Fc1cccc(F)c1C=Cc1nc2ccccc2n1-c1ccccn1. The van der Waals surface area contributed by atoms with Crippen LogP contribution in [0, 0.1) is 11.6 Å². The Bertz CT molecular complexity index is 1050. The van der Waals surface area contributed by atoms with E-state index >= 15 is 0 Å². The summed E-state index contributed by atoms with van der Waals surface area (Å²) in [5, 5.41) is 0. The highest BCUT2D eigenvalue weighted by Gasteiger charge is 2.11. The third-order valence-electron chi connectivity index (χ3n) is 3.86. The van der Waals surface area contributed by atoms with Crippen molar-refractivity contribution in [3.05, 3.63) is 89.9 Å². The van der Waals surface area contributed by atoms with Crippen LogP contribution in [-0.4, -0.2) is 14.5 Å². The van der Waals surface area contributed by atoms with E-state index in [1.54, 1.807) is 12.3 Å². The molecule has 0 fully saturated rings. The van der Waals surface area contributed by atoms with Crippen molar-refractivity contribution in [2.24, 2.45) is 0 Å². The minimum atomic E-state index is -0.614. The lowest BCUT2D eigenvalue weighted by Crippen LogP contribution is -1.99. The molecule has 130 valence electrons. The lowest BCUT2D eigenvalue weighted by atomic mass is 10.2. The Labute approximate surface area is 155 Å². The van der Waals surface area contributed by atoms with Crippen molar-refractivity contribution in [2.75, 3.05) is 0 Å². The van der Waals surface area contributed by atoms with E-state index in [2.05, 4.69) is 9.97 Å². The summed E-state index contributed by atoms with van der Waals surface area (Å²) < 4.78 is 29.6. The Kier molecular flexibility index (Phi) is 5.09. The van der Waals surface area contributed by atoms with Crippen molar-refractivity contribution in [3.8, 4) is 5.82 Å². The average molecular weight is 370 g/mol. The van der Waals surface area contributed by atoms with Crippen molar-refractivity contribution in [2.45, 2.75) is 0 Å². The number of hydrogen-bond acceptors (Lipinski definition) is 2. The molecule has 2 heterocycles. The summed E-state index contributed by atoms with van der Waals surface area (Å²) in [6, 6.07) is 17.0. The number of fused-ring (bicyclic) bond motifs is 1. The Morgan fingerprint density at radius 3 is 2.27 bits per heavy atom. The highest BCUT2D eigenvalue weighted by atomic mass is 35.5. The molecule has 0 N–H and O–H groups in total. The highest BCUT2D eigenvalue weighted by Crippen LogP contribution is 2.22. The molecule has 0 aliphatic rings. The predicted molar refractivity (Wildman–Crippen MR) is 101 cm³/mol. The first-order chi connectivity index (χ1) is 12.2. The maximum Gasteiger partial charge on any atom is 0.139 e. The van der Waals surface area contributed by atoms with E-state index in [4.69, 9.17) is 0 Å². The van der Waals surface area contributed by atoms with Gasteiger partial charge in [-0.2, -0.15) is 0 Å². The Morgan fingerprint density at radius 1 is 0.808 bits per heavy atom. The molecular weight excluding hydrogens is 356 g/mol. The molecule has 0 unspecified atom stereocenters. The minimum absolute atomic E-state index is 0. The first-order valence-electron chi connectivity index (χ1n) is 7.75. The molecule has 0 bridgehead atoms. The summed E-state index contributed by atoms with van der Waals surface area (Å²) in [6.45, 7) is 0. The van der Waals surface area contributed by atoms with Crippen molar-refractivity contribution in [3.63, 3.8) is 0 Å². The third kappa shape index (κ3) is 3.21. The van der Waals surface area contributed by atoms with Crippen LogP contribution in [-0.2, 0) is 0 Å². The van der Waals surface area contributed by atoms with Gasteiger partial charge in [-0.3, -0.25) is 4.57 Å². The maximum absolute atomic E-state index is 13.9. The van der Waals surface area contributed by atoms with Crippen LogP contribution in [0.1, 0.15) is 11.4 Å². The molecule has 4 aromatic rings. The molecule has 0 saturated heterocycles. The van der Waals surface area contributed by atoms with Crippen LogP contribution >= 0.6 is 12.4 Å². The number of nitrogens with zero attached hydrogens (tertiary/aromatic N) is 3. The summed E-state index contributed by atoms with van der Waals surface area (Å²) in [5.74, 6) is 0.000836. The van der Waals surface area contributed by atoms with Crippen molar-refractivity contribution < 1.29 is 8.78 Å². The molecule has 0 aliphatic heterocycles. The Hall–Kier alpha value is -3.05. The van der Waals surface area contributed by atoms with E-state index in [0.29, 0.717) is 11.6 Å². The molecule has 0 radical (unpaired) electrons. The third-order valence-corrected chi connectivity index (χ3v) is 3.86. The lowest BCUT2D eigenvalue weighted by Gasteiger charge is -2.05. The second-order valence-corrected chi connectivity index (χ2v) is 5.45. The number of aromatic nitrogens is 3. The van der Waals surface area contributed by atoms with Gasteiger partial charge in [0.05, 0.1) is 11.0 Å². The number of para-hydroxylation sites is 2. The van der Waals surface area contributed by atoms with Gasteiger partial charge in [0, 0.05) is 11.8 Å². The fourth-order valence-electron chi connectivity index (χ4n) is 2.71. The number of hydrogen-bond donors (Lipinski definition) is 0. The molecule has 6 heteroatoms. The van der Waals surface area contributed by atoms with E-state index in [1.165, 1.54) is 24.3 Å². The molecule has 26 heavy (non-hydrogen) atoms. The Morgan fingerprint density at radius 2 is 1.54 bits per heavy atom. The summed E-state index contributed by atoms with van der Waals surface area (Å²) in [5.41, 5.74) is 1.55. The van der Waals surface area contributed by atoms with Gasteiger partial charge in [-0.25, -0.2) is 18.7 Å². The van der Waals surface area contributed by atoms with E-state index < -0.39 is 11.6 Å². The first-order valence-corrected chi connectivity index (χ1v) is 7.75. The molecule has 2 aromatic heterocycles. The van der Waals surface area contributed by atoms with Crippen molar-refractivity contribution in [1.82, 2.24) is 14.5 Å². The van der Waals surface area contributed by atoms with Crippen LogP contribution in [0.25, 0.3) is 29.0 Å². The van der Waals surface area contributed by atoms with Gasteiger partial charge in [0.25, 0.3) is 0 Å². The van der Waals surface area contributed by atoms with Crippen molar-refractivity contribution >= 4 is 35.6 Å². The van der Waals surface area contributed by atoms with E-state index in [-0.39, 0.29) is 18.0 Å². The zero-order chi connectivity index (χ0) is 17.2. The summed E-state index contributed by atoms with van der Waals surface area (Å²) >= 11 is 0. The predicted octanol–water partition coefficient (Wildman–Crippen LogP) is 5.29. The van der Waals surface area contributed by atoms with Gasteiger partial charge in [0.1, 0.15) is 23.3 Å². The van der Waals surface area contributed by atoms with Crippen LogP contribution in [0.4, 0.5) is 8.78 Å². The molecule has 0 saturated carbocycles. The normalized spacial score (nSPS) is 11.0. The van der Waals surface area contributed by atoms with Crippen LogP contribution in [0.3, 0.4) is 0 Å². The first kappa shape index (κ1) is 17.8. The lowest BCUT2D eigenvalue weighted by molar-refractivity contribution is 0.579. The Balaban J connectivity index is 0.00000196. The molecular formula is C20H14ClF2N3. The molecule has 4 rings (SSSR count). The van der Waals surface area contributed by atoms with Gasteiger partial charge >= 0.3 is 0 Å². The minimum Gasteiger partial charge on any atom is -0.277 e. The topological polar surface area (TPSA) is 30.7 Å². The zero-order valence-corrected chi connectivity index (χ0v) is 14.3.